The van der Waals surface area contributed by atoms with Crippen molar-refractivity contribution in [2.24, 2.45) is 0 Å². The maximum absolute atomic E-state index is 2.52. The summed E-state index contributed by atoms with van der Waals surface area (Å²) in [4.78, 5) is 0. The molecule has 61 heavy (non-hydrogen) atoms. The fourth-order valence-electron chi connectivity index (χ4n) is 10.1. The highest BCUT2D eigenvalue weighted by Gasteiger charge is 2.22. The summed E-state index contributed by atoms with van der Waals surface area (Å²) in [6.07, 6.45) is 0. The molecule has 3 aromatic heterocycles. The molecule has 0 amide bonds. The summed E-state index contributed by atoms with van der Waals surface area (Å²) < 4.78 is 7.35. The highest BCUT2D eigenvalue weighted by Crippen LogP contribution is 2.45. The third-order valence-corrected chi connectivity index (χ3v) is 12.8. The van der Waals surface area contributed by atoms with Crippen LogP contribution in [0.15, 0.2) is 224 Å². The maximum atomic E-state index is 2.52. The zero-order valence-electron chi connectivity index (χ0n) is 33.2. The van der Waals surface area contributed by atoms with Crippen LogP contribution in [0.5, 0.6) is 0 Å². The number of fused-ring (bicyclic) bond motifs is 10. The quantitative estimate of drug-likeness (QED) is 0.165. The molecule has 284 valence electrons. The fraction of sp³-hybridized carbons (Fsp3) is 0. The van der Waals surface area contributed by atoms with Crippen LogP contribution in [0.25, 0.3) is 116 Å². The van der Waals surface area contributed by atoms with Crippen molar-refractivity contribution >= 4 is 76.2 Å². The molecule has 10 aromatic carbocycles. The molecule has 0 saturated carbocycles. The van der Waals surface area contributed by atoms with Gasteiger partial charge in [0.25, 0.3) is 0 Å². The number of hydrogen-bond acceptors (Lipinski definition) is 0. The highest BCUT2D eigenvalue weighted by molar-refractivity contribution is 6.22. The minimum Gasteiger partial charge on any atom is -0.309 e. The fourth-order valence-corrected chi connectivity index (χ4v) is 10.1. The summed E-state index contributed by atoms with van der Waals surface area (Å²) in [6, 6.07) is 82.3. The van der Waals surface area contributed by atoms with Crippen molar-refractivity contribution in [2.75, 3.05) is 0 Å². The molecule has 0 spiro atoms. The summed E-state index contributed by atoms with van der Waals surface area (Å²) in [6.45, 7) is 0. The van der Waals surface area contributed by atoms with Gasteiger partial charge in [-0.05, 0) is 100 Å². The van der Waals surface area contributed by atoms with Gasteiger partial charge in [-0.3, -0.25) is 0 Å². The van der Waals surface area contributed by atoms with Gasteiger partial charge in [-0.2, -0.15) is 0 Å². The molecule has 0 saturated heterocycles. The Bertz CT molecular complexity index is 3850. The average molecular weight is 776 g/mol. The zero-order valence-corrected chi connectivity index (χ0v) is 33.2. The first kappa shape index (κ1) is 33.8. The van der Waals surface area contributed by atoms with Crippen molar-refractivity contribution in [2.45, 2.75) is 0 Å². The first-order chi connectivity index (χ1) is 30.3. The van der Waals surface area contributed by atoms with Crippen molar-refractivity contribution in [3.05, 3.63) is 224 Å². The Morgan fingerprint density at radius 3 is 1.43 bits per heavy atom. The van der Waals surface area contributed by atoms with Crippen LogP contribution >= 0.6 is 0 Å². The van der Waals surface area contributed by atoms with Crippen molar-refractivity contribution in [1.29, 1.82) is 0 Å². The molecule has 0 unspecified atom stereocenters. The molecule has 0 bridgehead atoms. The number of hydrogen-bond donors (Lipinski definition) is 0. The SMILES string of the molecule is c1ccc(-c2ccc(-n3c4ccccc4c4ccc(-c5c6ccccc6cc6c7ccccc7n(-c7ccc8c(c7)c7ccccc7n8-c7ccccc7)c56)cc43)cc2)cc1. The van der Waals surface area contributed by atoms with E-state index < -0.39 is 0 Å². The molecule has 13 aromatic rings. The van der Waals surface area contributed by atoms with Crippen LogP contribution in [0.2, 0.25) is 0 Å². The van der Waals surface area contributed by atoms with Gasteiger partial charge in [0, 0.05) is 54.9 Å². The van der Waals surface area contributed by atoms with Crippen LogP contribution in [0, 0.1) is 0 Å². The second-order valence-corrected chi connectivity index (χ2v) is 16.1. The van der Waals surface area contributed by atoms with E-state index in [-0.39, 0.29) is 0 Å². The van der Waals surface area contributed by atoms with E-state index in [0.29, 0.717) is 0 Å². The van der Waals surface area contributed by atoms with Gasteiger partial charge in [-0.25, -0.2) is 0 Å². The van der Waals surface area contributed by atoms with E-state index in [9.17, 15) is 0 Å². The topological polar surface area (TPSA) is 14.8 Å². The number of benzene rings is 10. The Kier molecular flexibility index (Phi) is 7.31. The first-order valence-corrected chi connectivity index (χ1v) is 21.0. The number of rotatable bonds is 5. The largest absolute Gasteiger partial charge is 0.309 e. The van der Waals surface area contributed by atoms with Crippen LogP contribution in [-0.4, -0.2) is 13.7 Å². The predicted molar refractivity (Wildman–Crippen MR) is 258 cm³/mol. The summed E-state index contributed by atoms with van der Waals surface area (Å²) in [5.41, 5.74) is 15.5. The van der Waals surface area contributed by atoms with Crippen LogP contribution < -0.4 is 0 Å². The lowest BCUT2D eigenvalue weighted by atomic mass is 9.94. The molecule has 3 heteroatoms. The number of nitrogens with zero attached hydrogens (tertiary/aromatic N) is 3. The highest BCUT2D eigenvalue weighted by atomic mass is 15.0. The Morgan fingerprint density at radius 1 is 0.230 bits per heavy atom. The first-order valence-electron chi connectivity index (χ1n) is 21.0. The van der Waals surface area contributed by atoms with Gasteiger partial charge in [-0.1, -0.05) is 152 Å². The summed E-state index contributed by atoms with van der Waals surface area (Å²) in [5.74, 6) is 0. The molecule has 0 aliphatic carbocycles. The zero-order chi connectivity index (χ0) is 40.0. The molecule has 0 N–H and O–H groups in total. The summed E-state index contributed by atoms with van der Waals surface area (Å²) >= 11 is 0. The molecule has 0 fully saturated rings. The minimum atomic E-state index is 1.14. The molecular formula is C58H37N3. The van der Waals surface area contributed by atoms with Crippen molar-refractivity contribution < 1.29 is 0 Å². The van der Waals surface area contributed by atoms with Crippen LogP contribution in [0.4, 0.5) is 0 Å². The summed E-state index contributed by atoms with van der Waals surface area (Å²) in [7, 11) is 0. The maximum Gasteiger partial charge on any atom is 0.0625 e. The third kappa shape index (κ3) is 5.04. The summed E-state index contributed by atoms with van der Waals surface area (Å²) in [5, 5.41) is 9.90. The third-order valence-electron chi connectivity index (χ3n) is 12.8. The van der Waals surface area contributed by atoms with Gasteiger partial charge in [0.2, 0.25) is 0 Å². The van der Waals surface area contributed by atoms with Gasteiger partial charge in [0.15, 0.2) is 0 Å². The molecule has 0 aliphatic rings. The molecule has 3 nitrogen and oxygen atoms in total. The van der Waals surface area contributed by atoms with Crippen LogP contribution in [0.3, 0.4) is 0 Å². The Morgan fingerprint density at radius 2 is 0.705 bits per heavy atom. The Labute approximate surface area is 352 Å². The second kappa shape index (κ2) is 13.2. The molecule has 0 radical (unpaired) electrons. The second-order valence-electron chi connectivity index (χ2n) is 16.1. The lowest BCUT2D eigenvalue weighted by molar-refractivity contribution is 1.17. The standard InChI is InChI=1S/C58H37N3/c1-3-15-38(16-4-1)39-27-30-43(31-28-39)60-52-24-12-9-21-46(52)49-33-29-41(36-56(49)60)57-45-20-8-7-17-40(45)35-51-48-23-11-14-26-54(48)61(58(51)57)44-32-34-55-50(37-44)47-22-10-13-25-53(47)59(55)42-18-5-2-6-19-42/h1-37H. The van der Waals surface area contributed by atoms with E-state index in [1.54, 1.807) is 0 Å². The minimum absolute atomic E-state index is 1.14. The van der Waals surface area contributed by atoms with Crippen molar-refractivity contribution in [3.8, 4) is 39.3 Å². The Hall–Kier alpha value is -8.14. The van der Waals surface area contributed by atoms with E-state index in [1.165, 1.54) is 98.4 Å². The number of aromatic nitrogens is 3. The predicted octanol–water partition coefficient (Wildman–Crippen LogP) is 15.5. The van der Waals surface area contributed by atoms with Crippen molar-refractivity contribution in [1.82, 2.24) is 13.7 Å². The normalized spacial score (nSPS) is 11.9. The Balaban J connectivity index is 1.10. The van der Waals surface area contributed by atoms with E-state index >= 15 is 0 Å². The monoisotopic (exact) mass is 775 g/mol. The average Bonchev–Trinajstić information content (AvgIpc) is 3.96. The van der Waals surface area contributed by atoms with E-state index in [2.05, 4.69) is 238 Å². The molecule has 0 atom stereocenters. The molecular weight excluding hydrogens is 739 g/mol. The lowest BCUT2D eigenvalue weighted by Crippen LogP contribution is -1.98. The molecule has 13 rings (SSSR count). The van der Waals surface area contributed by atoms with Crippen LogP contribution in [0.1, 0.15) is 0 Å². The van der Waals surface area contributed by atoms with Crippen molar-refractivity contribution in [3.63, 3.8) is 0 Å². The van der Waals surface area contributed by atoms with Gasteiger partial charge in [0.1, 0.15) is 0 Å². The van der Waals surface area contributed by atoms with Gasteiger partial charge in [0.05, 0.1) is 33.1 Å². The van der Waals surface area contributed by atoms with Crippen LogP contribution in [-0.2, 0) is 0 Å². The molecule has 0 aliphatic heterocycles. The smallest absolute Gasteiger partial charge is 0.0625 e. The van der Waals surface area contributed by atoms with Gasteiger partial charge < -0.3 is 13.7 Å². The number of para-hydroxylation sites is 4. The van der Waals surface area contributed by atoms with Gasteiger partial charge >= 0.3 is 0 Å². The van der Waals surface area contributed by atoms with E-state index in [1.807, 2.05) is 0 Å². The lowest BCUT2D eigenvalue weighted by Gasteiger charge is -2.16. The molecule has 3 heterocycles. The van der Waals surface area contributed by atoms with E-state index in [0.717, 1.165) is 17.1 Å². The van der Waals surface area contributed by atoms with E-state index in [4.69, 9.17) is 0 Å². The van der Waals surface area contributed by atoms with Gasteiger partial charge in [-0.15, -0.1) is 0 Å².